The van der Waals surface area contributed by atoms with E-state index in [2.05, 4.69) is 5.32 Å². The average molecular weight is 402 g/mol. The number of hydrogen-bond acceptors (Lipinski definition) is 3. The molecule has 4 aromatic rings. The first-order chi connectivity index (χ1) is 14.4. The number of aromatic nitrogens is 3. The highest BCUT2D eigenvalue weighted by molar-refractivity contribution is 5.91. The molecule has 1 amide bonds. The molecule has 7 heteroatoms. The third-order valence-corrected chi connectivity index (χ3v) is 5.22. The Morgan fingerprint density at radius 3 is 2.30 bits per heavy atom. The van der Waals surface area contributed by atoms with Gasteiger partial charge in [-0.05, 0) is 44.2 Å². The second kappa shape index (κ2) is 7.51. The number of para-hydroxylation sites is 1. The number of aryl methyl sites for hydroxylation is 3. The highest BCUT2D eigenvalue weighted by Crippen LogP contribution is 2.15. The molecule has 0 bridgehead atoms. The van der Waals surface area contributed by atoms with Crippen LogP contribution in [0.25, 0.3) is 16.7 Å². The van der Waals surface area contributed by atoms with Gasteiger partial charge in [-0.15, -0.1) is 0 Å². The number of nitrogens with zero attached hydrogens (tertiary/aromatic N) is 3. The van der Waals surface area contributed by atoms with Crippen LogP contribution in [0, 0.1) is 13.8 Å². The molecule has 0 aliphatic heterocycles. The third-order valence-electron chi connectivity index (χ3n) is 5.22. The van der Waals surface area contributed by atoms with E-state index >= 15 is 0 Å². The maximum atomic E-state index is 13.3. The predicted molar refractivity (Wildman–Crippen MR) is 117 cm³/mol. The summed E-state index contributed by atoms with van der Waals surface area (Å²) in [6, 6.07) is 17.9. The van der Waals surface area contributed by atoms with Crippen molar-refractivity contribution in [2.45, 2.75) is 20.4 Å². The SMILES string of the molecule is Cc1ccc(NC(=O)Cn2c(=O)n(-c3ccccc3)c(=O)c3c2cc(C)n3C)cc1. The maximum absolute atomic E-state index is 13.3. The molecule has 0 fully saturated rings. The second-order valence-electron chi connectivity index (χ2n) is 7.34. The van der Waals surface area contributed by atoms with Gasteiger partial charge in [0.25, 0.3) is 5.56 Å². The zero-order chi connectivity index (χ0) is 21.4. The summed E-state index contributed by atoms with van der Waals surface area (Å²) in [4.78, 5) is 39.2. The van der Waals surface area contributed by atoms with Crippen LogP contribution in [0.2, 0.25) is 0 Å². The van der Waals surface area contributed by atoms with Crippen LogP contribution < -0.4 is 16.6 Å². The van der Waals surface area contributed by atoms with Crippen LogP contribution in [-0.4, -0.2) is 19.6 Å². The lowest BCUT2D eigenvalue weighted by Crippen LogP contribution is -2.41. The number of carbonyl (C=O) groups excluding carboxylic acids is 1. The number of nitrogens with one attached hydrogen (secondary N) is 1. The standard InChI is InChI=1S/C23H22N4O3/c1-15-9-11-17(12-10-15)24-20(28)14-26-19-13-16(2)25(3)21(19)22(29)27(23(26)30)18-7-5-4-6-8-18/h4-13H,14H2,1-3H3,(H,24,28). The van der Waals surface area contributed by atoms with Crippen molar-refractivity contribution in [1.82, 2.24) is 13.7 Å². The molecule has 7 nitrogen and oxygen atoms in total. The number of anilines is 1. The molecule has 1 N–H and O–H groups in total. The van der Waals surface area contributed by atoms with Gasteiger partial charge in [-0.25, -0.2) is 9.36 Å². The van der Waals surface area contributed by atoms with Gasteiger partial charge in [-0.1, -0.05) is 35.9 Å². The minimum atomic E-state index is -0.552. The number of fused-ring (bicyclic) bond motifs is 1. The van der Waals surface area contributed by atoms with Crippen molar-refractivity contribution in [3.63, 3.8) is 0 Å². The first kappa shape index (κ1) is 19.4. The van der Waals surface area contributed by atoms with Crippen LogP contribution in [-0.2, 0) is 18.4 Å². The van der Waals surface area contributed by atoms with Crippen LogP contribution >= 0.6 is 0 Å². The smallest absolute Gasteiger partial charge is 0.336 e. The van der Waals surface area contributed by atoms with Crippen LogP contribution in [0.5, 0.6) is 0 Å². The Morgan fingerprint density at radius 2 is 1.63 bits per heavy atom. The third kappa shape index (κ3) is 3.34. The molecular weight excluding hydrogens is 380 g/mol. The molecule has 0 radical (unpaired) electrons. The summed E-state index contributed by atoms with van der Waals surface area (Å²) in [5.74, 6) is -0.345. The summed E-state index contributed by atoms with van der Waals surface area (Å²) in [6.45, 7) is 3.61. The van der Waals surface area contributed by atoms with Crippen LogP contribution in [0.4, 0.5) is 5.69 Å². The van der Waals surface area contributed by atoms with Crippen LogP contribution in [0.3, 0.4) is 0 Å². The fourth-order valence-electron chi connectivity index (χ4n) is 3.53. The largest absolute Gasteiger partial charge is 0.342 e. The van der Waals surface area contributed by atoms with E-state index in [4.69, 9.17) is 0 Å². The lowest BCUT2D eigenvalue weighted by Gasteiger charge is -2.13. The summed E-state index contributed by atoms with van der Waals surface area (Å²) >= 11 is 0. The van der Waals surface area contributed by atoms with Crippen molar-refractivity contribution in [3.05, 3.63) is 92.8 Å². The molecular formula is C23H22N4O3. The summed E-state index contributed by atoms with van der Waals surface area (Å²) in [5, 5.41) is 2.81. The summed E-state index contributed by atoms with van der Waals surface area (Å²) < 4.78 is 4.20. The van der Waals surface area contributed by atoms with E-state index in [1.165, 1.54) is 4.57 Å². The van der Waals surface area contributed by atoms with Crippen molar-refractivity contribution in [1.29, 1.82) is 0 Å². The highest BCUT2D eigenvalue weighted by Gasteiger charge is 2.20. The Kier molecular flexibility index (Phi) is 4.87. The van der Waals surface area contributed by atoms with E-state index in [0.29, 0.717) is 22.4 Å². The number of hydrogen-bond donors (Lipinski definition) is 1. The summed E-state index contributed by atoms with van der Waals surface area (Å²) in [7, 11) is 1.77. The van der Waals surface area contributed by atoms with E-state index in [9.17, 15) is 14.4 Å². The number of carbonyl (C=O) groups is 1. The molecule has 30 heavy (non-hydrogen) atoms. The Hall–Kier alpha value is -3.87. The molecule has 2 heterocycles. The summed E-state index contributed by atoms with van der Waals surface area (Å²) in [5.41, 5.74) is 2.86. The number of benzene rings is 2. The lowest BCUT2D eigenvalue weighted by molar-refractivity contribution is -0.116. The zero-order valence-corrected chi connectivity index (χ0v) is 17.0. The minimum Gasteiger partial charge on any atom is -0.342 e. The van der Waals surface area contributed by atoms with E-state index in [0.717, 1.165) is 15.8 Å². The Labute approximate surface area is 172 Å². The molecule has 0 unspecified atom stereocenters. The summed E-state index contributed by atoms with van der Waals surface area (Å²) in [6.07, 6.45) is 0. The molecule has 2 aromatic carbocycles. The molecule has 152 valence electrons. The van der Waals surface area contributed by atoms with Gasteiger partial charge < -0.3 is 9.88 Å². The van der Waals surface area contributed by atoms with E-state index in [1.807, 2.05) is 44.2 Å². The van der Waals surface area contributed by atoms with Gasteiger partial charge in [0.1, 0.15) is 12.1 Å². The molecule has 4 rings (SSSR count). The molecule has 2 aromatic heterocycles. The van der Waals surface area contributed by atoms with Crippen molar-refractivity contribution < 1.29 is 4.79 Å². The molecule has 0 aliphatic carbocycles. The van der Waals surface area contributed by atoms with Crippen molar-refractivity contribution in [2.24, 2.45) is 7.05 Å². The Bertz CT molecular complexity index is 1360. The second-order valence-corrected chi connectivity index (χ2v) is 7.34. The average Bonchev–Trinajstić information content (AvgIpc) is 3.02. The van der Waals surface area contributed by atoms with Gasteiger partial charge in [-0.2, -0.15) is 0 Å². The van der Waals surface area contributed by atoms with E-state index in [1.54, 1.807) is 41.9 Å². The maximum Gasteiger partial charge on any atom is 0.336 e. The van der Waals surface area contributed by atoms with Crippen molar-refractivity contribution >= 4 is 22.6 Å². The molecule has 0 aliphatic rings. The lowest BCUT2D eigenvalue weighted by atomic mass is 10.2. The van der Waals surface area contributed by atoms with Gasteiger partial charge in [0.2, 0.25) is 5.91 Å². The van der Waals surface area contributed by atoms with Gasteiger partial charge in [-0.3, -0.25) is 14.2 Å². The van der Waals surface area contributed by atoms with Crippen molar-refractivity contribution in [3.8, 4) is 5.69 Å². The van der Waals surface area contributed by atoms with Crippen molar-refractivity contribution in [2.75, 3.05) is 5.32 Å². The Balaban J connectivity index is 1.85. The van der Waals surface area contributed by atoms with Crippen LogP contribution in [0.1, 0.15) is 11.3 Å². The van der Waals surface area contributed by atoms with E-state index < -0.39 is 11.2 Å². The predicted octanol–water partition coefficient (Wildman–Crippen LogP) is 2.75. The first-order valence-electron chi connectivity index (χ1n) is 9.60. The quantitative estimate of drug-likeness (QED) is 0.570. The molecule has 0 atom stereocenters. The van der Waals surface area contributed by atoms with Gasteiger partial charge in [0.15, 0.2) is 0 Å². The van der Waals surface area contributed by atoms with Gasteiger partial charge >= 0.3 is 5.69 Å². The molecule has 0 saturated carbocycles. The number of amides is 1. The normalized spacial score (nSPS) is 11.0. The number of rotatable bonds is 4. The highest BCUT2D eigenvalue weighted by atomic mass is 16.2. The molecule has 0 saturated heterocycles. The van der Waals surface area contributed by atoms with Gasteiger partial charge in [0, 0.05) is 18.4 Å². The van der Waals surface area contributed by atoms with Crippen LogP contribution in [0.15, 0.2) is 70.3 Å². The minimum absolute atomic E-state index is 0.209. The zero-order valence-electron chi connectivity index (χ0n) is 17.0. The topological polar surface area (TPSA) is 78.0 Å². The monoisotopic (exact) mass is 402 g/mol. The fraction of sp³-hybridized carbons (Fsp3) is 0.174. The first-order valence-corrected chi connectivity index (χ1v) is 9.60. The van der Waals surface area contributed by atoms with E-state index in [-0.39, 0.29) is 12.5 Å². The van der Waals surface area contributed by atoms with Gasteiger partial charge in [0.05, 0.1) is 11.2 Å². The Morgan fingerprint density at radius 1 is 0.967 bits per heavy atom. The molecule has 0 spiro atoms. The fourth-order valence-corrected chi connectivity index (χ4v) is 3.53.